The summed E-state index contributed by atoms with van der Waals surface area (Å²) in [4.78, 5) is 23.5. The maximum Gasteiger partial charge on any atom is 0.318 e. The lowest BCUT2D eigenvalue weighted by Gasteiger charge is -2.11. The standard InChI is InChI=1S/C16H14O3/c17-14(11-12-7-3-1-4-8-12)15(16(18)19)13-9-5-2-6-10-13/h1-10,15H,11H2,(H,18,19). The second kappa shape index (κ2) is 5.96. The summed E-state index contributed by atoms with van der Waals surface area (Å²) in [6.45, 7) is 0. The van der Waals surface area contributed by atoms with Gasteiger partial charge in [0.15, 0.2) is 5.78 Å². The van der Waals surface area contributed by atoms with E-state index in [1.807, 2.05) is 30.3 Å². The molecule has 0 saturated carbocycles. The largest absolute Gasteiger partial charge is 0.480 e. The topological polar surface area (TPSA) is 54.4 Å². The van der Waals surface area contributed by atoms with Crippen molar-refractivity contribution in [2.45, 2.75) is 12.3 Å². The van der Waals surface area contributed by atoms with Gasteiger partial charge >= 0.3 is 5.97 Å². The molecule has 0 heterocycles. The molecule has 19 heavy (non-hydrogen) atoms. The zero-order chi connectivity index (χ0) is 13.7. The average Bonchev–Trinajstić information content (AvgIpc) is 2.40. The monoisotopic (exact) mass is 254 g/mol. The lowest BCUT2D eigenvalue weighted by atomic mass is 9.91. The second-order valence-electron chi connectivity index (χ2n) is 4.31. The first-order valence-corrected chi connectivity index (χ1v) is 6.03. The Morgan fingerprint density at radius 1 is 0.895 bits per heavy atom. The first kappa shape index (κ1) is 13.0. The highest BCUT2D eigenvalue weighted by atomic mass is 16.4. The number of aliphatic carboxylic acids is 1. The van der Waals surface area contributed by atoms with Crippen LogP contribution in [0.4, 0.5) is 0 Å². The van der Waals surface area contributed by atoms with Gasteiger partial charge in [-0.15, -0.1) is 0 Å². The Labute approximate surface area is 111 Å². The van der Waals surface area contributed by atoms with Crippen LogP contribution in [0.5, 0.6) is 0 Å². The van der Waals surface area contributed by atoms with Crippen molar-refractivity contribution in [1.29, 1.82) is 0 Å². The number of benzene rings is 2. The van der Waals surface area contributed by atoms with Gasteiger partial charge in [-0.05, 0) is 11.1 Å². The molecule has 1 atom stereocenters. The Morgan fingerprint density at radius 2 is 1.42 bits per heavy atom. The normalized spacial score (nSPS) is 11.8. The van der Waals surface area contributed by atoms with Gasteiger partial charge in [-0.25, -0.2) is 0 Å². The summed E-state index contributed by atoms with van der Waals surface area (Å²) in [6.07, 6.45) is 0.132. The van der Waals surface area contributed by atoms with Gasteiger partial charge in [0.1, 0.15) is 5.92 Å². The van der Waals surface area contributed by atoms with E-state index < -0.39 is 11.9 Å². The molecule has 0 aromatic heterocycles. The number of carboxylic acid groups (broad SMARTS) is 1. The SMILES string of the molecule is O=C(O)C(C(=O)Cc1ccccc1)c1ccccc1. The number of carbonyl (C=O) groups excluding carboxylic acids is 1. The van der Waals surface area contributed by atoms with Gasteiger partial charge in [0.25, 0.3) is 0 Å². The molecule has 1 unspecified atom stereocenters. The lowest BCUT2D eigenvalue weighted by Crippen LogP contribution is -2.23. The number of hydrogen-bond acceptors (Lipinski definition) is 2. The molecule has 0 aliphatic carbocycles. The van der Waals surface area contributed by atoms with Crippen LogP contribution in [0.2, 0.25) is 0 Å². The highest BCUT2D eigenvalue weighted by Crippen LogP contribution is 2.19. The fraction of sp³-hybridized carbons (Fsp3) is 0.125. The molecule has 0 radical (unpaired) electrons. The molecule has 1 N–H and O–H groups in total. The zero-order valence-corrected chi connectivity index (χ0v) is 10.3. The molecular formula is C16H14O3. The average molecular weight is 254 g/mol. The number of rotatable bonds is 5. The van der Waals surface area contributed by atoms with Gasteiger partial charge < -0.3 is 5.11 Å². The van der Waals surface area contributed by atoms with Crippen LogP contribution in [0.1, 0.15) is 17.0 Å². The number of hydrogen-bond donors (Lipinski definition) is 1. The molecule has 0 saturated heterocycles. The minimum Gasteiger partial charge on any atom is -0.480 e. The highest BCUT2D eigenvalue weighted by molar-refractivity contribution is 6.04. The predicted molar refractivity (Wildman–Crippen MR) is 72.0 cm³/mol. The molecule has 2 aromatic carbocycles. The van der Waals surface area contributed by atoms with Crippen molar-refractivity contribution in [3.63, 3.8) is 0 Å². The molecule has 3 nitrogen and oxygen atoms in total. The Morgan fingerprint density at radius 3 is 1.95 bits per heavy atom. The summed E-state index contributed by atoms with van der Waals surface area (Å²) in [5.41, 5.74) is 1.35. The Kier molecular flexibility index (Phi) is 4.08. The van der Waals surface area contributed by atoms with Crippen molar-refractivity contribution in [3.05, 3.63) is 71.8 Å². The van der Waals surface area contributed by atoms with Crippen molar-refractivity contribution >= 4 is 11.8 Å². The summed E-state index contributed by atoms with van der Waals surface area (Å²) in [5, 5.41) is 9.25. The van der Waals surface area contributed by atoms with Gasteiger partial charge in [0.05, 0.1) is 0 Å². The quantitative estimate of drug-likeness (QED) is 0.834. The molecule has 3 heteroatoms. The summed E-state index contributed by atoms with van der Waals surface area (Å²) < 4.78 is 0. The van der Waals surface area contributed by atoms with E-state index in [1.165, 1.54) is 0 Å². The summed E-state index contributed by atoms with van der Waals surface area (Å²) in [6, 6.07) is 17.8. The van der Waals surface area contributed by atoms with Gasteiger partial charge in [-0.3, -0.25) is 9.59 Å². The number of ketones is 1. The number of Topliss-reactive ketones (excluding diaryl/α,β-unsaturated/α-hetero) is 1. The fourth-order valence-corrected chi connectivity index (χ4v) is 2.01. The maximum absolute atomic E-state index is 12.2. The fourth-order valence-electron chi connectivity index (χ4n) is 2.01. The maximum atomic E-state index is 12.2. The molecule has 0 aliphatic rings. The van der Waals surface area contributed by atoms with Crippen LogP contribution in [0, 0.1) is 0 Å². The Hall–Kier alpha value is -2.42. The van der Waals surface area contributed by atoms with Crippen molar-refractivity contribution in [1.82, 2.24) is 0 Å². The van der Waals surface area contributed by atoms with E-state index >= 15 is 0 Å². The third-order valence-corrected chi connectivity index (χ3v) is 2.92. The van der Waals surface area contributed by atoms with Crippen LogP contribution in [0.15, 0.2) is 60.7 Å². The van der Waals surface area contributed by atoms with E-state index in [1.54, 1.807) is 30.3 Å². The minimum absolute atomic E-state index is 0.132. The third-order valence-electron chi connectivity index (χ3n) is 2.92. The van der Waals surface area contributed by atoms with Crippen LogP contribution in [0.25, 0.3) is 0 Å². The van der Waals surface area contributed by atoms with Crippen LogP contribution in [-0.2, 0) is 16.0 Å². The predicted octanol–water partition coefficient (Wildman–Crippen LogP) is 2.67. The van der Waals surface area contributed by atoms with E-state index in [-0.39, 0.29) is 12.2 Å². The molecule has 0 bridgehead atoms. The molecule has 0 aliphatic heterocycles. The molecule has 96 valence electrons. The van der Waals surface area contributed by atoms with Crippen molar-refractivity contribution in [2.75, 3.05) is 0 Å². The van der Waals surface area contributed by atoms with E-state index in [0.29, 0.717) is 5.56 Å². The molecule has 2 aromatic rings. The van der Waals surface area contributed by atoms with Crippen LogP contribution in [0.3, 0.4) is 0 Å². The van der Waals surface area contributed by atoms with Crippen LogP contribution >= 0.6 is 0 Å². The number of carbonyl (C=O) groups is 2. The third kappa shape index (κ3) is 3.28. The van der Waals surface area contributed by atoms with Crippen LogP contribution in [-0.4, -0.2) is 16.9 Å². The summed E-state index contributed by atoms with van der Waals surface area (Å²) in [5.74, 6) is -2.50. The van der Waals surface area contributed by atoms with E-state index in [9.17, 15) is 14.7 Å². The molecule has 0 fully saturated rings. The molecule has 0 spiro atoms. The second-order valence-corrected chi connectivity index (χ2v) is 4.31. The van der Waals surface area contributed by atoms with E-state index in [2.05, 4.69) is 0 Å². The summed E-state index contributed by atoms with van der Waals surface area (Å²) >= 11 is 0. The first-order valence-electron chi connectivity index (χ1n) is 6.03. The van der Waals surface area contributed by atoms with Gasteiger partial charge in [0, 0.05) is 6.42 Å². The van der Waals surface area contributed by atoms with Gasteiger partial charge in [-0.2, -0.15) is 0 Å². The Balaban J connectivity index is 2.21. The van der Waals surface area contributed by atoms with Crippen molar-refractivity contribution in [2.24, 2.45) is 0 Å². The van der Waals surface area contributed by atoms with Crippen molar-refractivity contribution in [3.8, 4) is 0 Å². The van der Waals surface area contributed by atoms with Crippen molar-refractivity contribution < 1.29 is 14.7 Å². The van der Waals surface area contributed by atoms with Crippen LogP contribution < -0.4 is 0 Å². The number of carboxylic acids is 1. The van der Waals surface area contributed by atoms with E-state index in [4.69, 9.17) is 0 Å². The summed E-state index contributed by atoms with van der Waals surface area (Å²) in [7, 11) is 0. The molecule has 2 rings (SSSR count). The zero-order valence-electron chi connectivity index (χ0n) is 10.3. The van der Waals surface area contributed by atoms with E-state index in [0.717, 1.165) is 5.56 Å². The van der Waals surface area contributed by atoms with Gasteiger partial charge in [-0.1, -0.05) is 60.7 Å². The highest BCUT2D eigenvalue weighted by Gasteiger charge is 2.27. The molecular weight excluding hydrogens is 240 g/mol. The lowest BCUT2D eigenvalue weighted by molar-refractivity contribution is -0.142. The van der Waals surface area contributed by atoms with Gasteiger partial charge in [0.2, 0.25) is 0 Å². The minimum atomic E-state index is -1.10. The smallest absolute Gasteiger partial charge is 0.318 e. The molecule has 0 amide bonds. The Bertz CT molecular complexity index is 561. The first-order chi connectivity index (χ1) is 9.18.